The van der Waals surface area contributed by atoms with Gasteiger partial charge in [0, 0.05) is 53.4 Å². The number of halogens is 1. The van der Waals surface area contributed by atoms with Crippen molar-refractivity contribution < 1.29 is 12.8 Å². The summed E-state index contributed by atoms with van der Waals surface area (Å²) in [4.78, 5) is 8.65. The molecule has 2 aromatic carbocycles. The molecule has 1 N–H and O–H groups in total. The number of likely N-dealkylation sites (N-methyl/N-ethyl adjacent to an activating group) is 1. The molecule has 1 fully saturated rings. The van der Waals surface area contributed by atoms with Gasteiger partial charge in [-0.1, -0.05) is 30.3 Å². The third-order valence-electron chi connectivity index (χ3n) is 5.40. The zero-order valence-electron chi connectivity index (χ0n) is 18.3. The van der Waals surface area contributed by atoms with Crippen LogP contribution in [-0.2, 0) is 23.1 Å². The molecule has 0 bridgehead atoms. The van der Waals surface area contributed by atoms with Crippen molar-refractivity contribution in [2.75, 3.05) is 47.3 Å². The van der Waals surface area contributed by atoms with Gasteiger partial charge in [0.15, 0.2) is 5.96 Å². The minimum atomic E-state index is -3.57. The Kier molecular flexibility index (Phi) is 7.64. The molecule has 0 amide bonds. The van der Waals surface area contributed by atoms with Gasteiger partial charge in [0.2, 0.25) is 10.0 Å². The second-order valence-electron chi connectivity index (χ2n) is 7.70. The van der Waals surface area contributed by atoms with Gasteiger partial charge < -0.3 is 15.1 Å². The van der Waals surface area contributed by atoms with E-state index in [0.29, 0.717) is 42.6 Å². The molecule has 0 aliphatic carbocycles. The average Bonchev–Trinajstić information content (AvgIpc) is 2.76. The molecule has 1 heterocycles. The summed E-state index contributed by atoms with van der Waals surface area (Å²) >= 11 is 0. The summed E-state index contributed by atoms with van der Waals surface area (Å²) in [5.41, 5.74) is 1.64. The smallest absolute Gasteiger partial charge is 0.243 e. The fourth-order valence-electron chi connectivity index (χ4n) is 3.57. The van der Waals surface area contributed by atoms with Crippen LogP contribution in [0.25, 0.3) is 0 Å². The van der Waals surface area contributed by atoms with Gasteiger partial charge in [-0.05, 0) is 36.4 Å². The molecular weight excluding hydrogens is 417 g/mol. The molecule has 9 heteroatoms. The summed E-state index contributed by atoms with van der Waals surface area (Å²) in [6.07, 6.45) is 0. The Bertz CT molecular complexity index is 1000. The topological polar surface area (TPSA) is 68.2 Å². The molecule has 0 radical (unpaired) electrons. The van der Waals surface area contributed by atoms with Crippen LogP contribution in [0.1, 0.15) is 11.1 Å². The van der Waals surface area contributed by atoms with E-state index in [1.54, 1.807) is 35.6 Å². The summed E-state index contributed by atoms with van der Waals surface area (Å²) < 4.78 is 41.2. The van der Waals surface area contributed by atoms with E-state index in [4.69, 9.17) is 0 Å². The number of guanidine groups is 1. The Labute approximate surface area is 184 Å². The second-order valence-corrected chi connectivity index (χ2v) is 9.60. The van der Waals surface area contributed by atoms with Crippen molar-refractivity contribution in [1.82, 2.24) is 19.4 Å². The first-order valence-electron chi connectivity index (χ1n) is 10.2. The van der Waals surface area contributed by atoms with E-state index in [2.05, 4.69) is 15.2 Å². The number of piperazine rings is 1. The van der Waals surface area contributed by atoms with Crippen molar-refractivity contribution >= 4 is 16.0 Å². The Morgan fingerprint density at radius 3 is 2.39 bits per heavy atom. The SMILES string of the molecule is CN=C(NCc1ccccc1S(=O)(=O)N1CCN(C)CC1)N(C)Cc1ccc(F)cc1. The molecule has 0 saturated carbocycles. The van der Waals surface area contributed by atoms with Crippen LogP contribution < -0.4 is 5.32 Å². The molecule has 1 saturated heterocycles. The molecule has 1 aliphatic rings. The van der Waals surface area contributed by atoms with Crippen molar-refractivity contribution in [2.24, 2.45) is 4.99 Å². The first-order valence-corrected chi connectivity index (χ1v) is 11.7. The highest BCUT2D eigenvalue weighted by molar-refractivity contribution is 7.89. The third-order valence-corrected chi connectivity index (χ3v) is 7.40. The summed E-state index contributed by atoms with van der Waals surface area (Å²) in [5, 5.41) is 3.25. The highest BCUT2D eigenvalue weighted by atomic mass is 32.2. The Balaban J connectivity index is 1.70. The van der Waals surface area contributed by atoms with E-state index in [1.807, 2.05) is 31.1 Å². The lowest BCUT2D eigenvalue weighted by molar-refractivity contribution is 0.222. The maximum atomic E-state index is 13.2. The van der Waals surface area contributed by atoms with Gasteiger partial charge in [0.25, 0.3) is 0 Å². The standard InChI is InChI=1S/C22H30FN5O2S/c1-24-22(27(3)17-18-8-10-20(23)11-9-18)25-16-19-6-4-5-7-21(19)31(29,30)28-14-12-26(2)13-15-28/h4-11H,12-17H2,1-3H3,(H,24,25). The van der Waals surface area contributed by atoms with Gasteiger partial charge in [-0.25, -0.2) is 12.8 Å². The number of sulfonamides is 1. The normalized spacial score (nSPS) is 16.3. The van der Waals surface area contributed by atoms with Crippen molar-refractivity contribution in [3.05, 3.63) is 65.5 Å². The fraction of sp³-hybridized carbons (Fsp3) is 0.409. The quantitative estimate of drug-likeness (QED) is 0.542. The molecule has 3 rings (SSSR count). The Morgan fingerprint density at radius 1 is 1.10 bits per heavy atom. The van der Waals surface area contributed by atoms with E-state index in [0.717, 1.165) is 18.7 Å². The highest BCUT2D eigenvalue weighted by Gasteiger charge is 2.29. The first kappa shape index (κ1) is 23.2. The number of hydrogen-bond donors (Lipinski definition) is 1. The summed E-state index contributed by atoms with van der Waals surface area (Å²) in [6, 6.07) is 13.4. The largest absolute Gasteiger partial charge is 0.352 e. The fourth-order valence-corrected chi connectivity index (χ4v) is 5.21. The van der Waals surface area contributed by atoms with Crippen LogP contribution in [0, 0.1) is 5.82 Å². The van der Waals surface area contributed by atoms with Gasteiger partial charge in [0.05, 0.1) is 4.90 Å². The summed E-state index contributed by atoms with van der Waals surface area (Å²) in [7, 11) is 1.99. The van der Waals surface area contributed by atoms with Crippen molar-refractivity contribution in [3.8, 4) is 0 Å². The van der Waals surface area contributed by atoms with E-state index >= 15 is 0 Å². The van der Waals surface area contributed by atoms with Gasteiger partial charge in [-0.15, -0.1) is 0 Å². The van der Waals surface area contributed by atoms with Crippen LogP contribution in [0.3, 0.4) is 0 Å². The number of nitrogens with zero attached hydrogens (tertiary/aromatic N) is 4. The predicted molar refractivity (Wildman–Crippen MR) is 121 cm³/mol. The molecule has 0 unspecified atom stereocenters. The van der Waals surface area contributed by atoms with Gasteiger partial charge in [0.1, 0.15) is 5.82 Å². The number of hydrogen-bond acceptors (Lipinski definition) is 4. The van der Waals surface area contributed by atoms with E-state index < -0.39 is 10.0 Å². The lowest BCUT2D eigenvalue weighted by Gasteiger charge is -2.32. The van der Waals surface area contributed by atoms with Crippen molar-refractivity contribution in [3.63, 3.8) is 0 Å². The van der Waals surface area contributed by atoms with Gasteiger partial charge >= 0.3 is 0 Å². The maximum Gasteiger partial charge on any atom is 0.243 e. The minimum absolute atomic E-state index is 0.271. The maximum absolute atomic E-state index is 13.2. The molecule has 7 nitrogen and oxygen atoms in total. The highest BCUT2D eigenvalue weighted by Crippen LogP contribution is 2.21. The van der Waals surface area contributed by atoms with Crippen LogP contribution in [-0.4, -0.2) is 75.8 Å². The van der Waals surface area contributed by atoms with Crippen LogP contribution >= 0.6 is 0 Å². The van der Waals surface area contributed by atoms with E-state index in [1.165, 1.54) is 12.1 Å². The molecule has 0 spiro atoms. The molecule has 1 aliphatic heterocycles. The number of nitrogens with one attached hydrogen (secondary N) is 1. The first-order chi connectivity index (χ1) is 14.8. The van der Waals surface area contributed by atoms with Crippen molar-refractivity contribution in [2.45, 2.75) is 18.0 Å². The van der Waals surface area contributed by atoms with Crippen LogP contribution in [0.5, 0.6) is 0 Å². The lowest BCUT2D eigenvalue weighted by atomic mass is 10.2. The van der Waals surface area contributed by atoms with Gasteiger partial charge in [-0.2, -0.15) is 4.31 Å². The molecule has 2 aromatic rings. The molecule has 31 heavy (non-hydrogen) atoms. The van der Waals surface area contributed by atoms with E-state index in [9.17, 15) is 12.8 Å². The monoisotopic (exact) mass is 447 g/mol. The van der Waals surface area contributed by atoms with Crippen LogP contribution in [0.15, 0.2) is 58.4 Å². The average molecular weight is 448 g/mol. The number of rotatable bonds is 6. The second kappa shape index (κ2) is 10.2. The summed E-state index contributed by atoms with van der Waals surface area (Å²) in [5.74, 6) is 0.350. The Morgan fingerprint density at radius 2 is 1.74 bits per heavy atom. The molecular formula is C22H30FN5O2S. The zero-order chi connectivity index (χ0) is 22.4. The minimum Gasteiger partial charge on any atom is -0.352 e. The molecule has 0 atom stereocenters. The zero-order valence-corrected chi connectivity index (χ0v) is 19.1. The van der Waals surface area contributed by atoms with Crippen LogP contribution in [0.2, 0.25) is 0 Å². The number of benzene rings is 2. The van der Waals surface area contributed by atoms with Crippen LogP contribution in [0.4, 0.5) is 4.39 Å². The number of aliphatic imine (C=N–C) groups is 1. The van der Waals surface area contributed by atoms with Gasteiger partial charge in [-0.3, -0.25) is 4.99 Å². The Hall–Kier alpha value is -2.49. The lowest BCUT2D eigenvalue weighted by Crippen LogP contribution is -2.47. The van der Waals surface area contributed by atoms with Crippen molar-refractivity contribution in [1.29, 1.82) is 0 Å². The molecule has 0 aromatic heterocycles. The summed E-state index contributed by atoms with van der Waals surface area (Å²) in [6.45, 7) is 3.29. The third kappa shape index (κ3) is 5.81. The predicted octanol–water partition coefficient (Wildman–Crippen LogP) is 1.97. The molecule has 168 valence electrons. The van der Waals surface area contributed by atoms with E-state index in [-0.39, 0.29) is 5.82 Å².